The Balaban J connectivity index is 1.62. The first-order chi connectivity index (χ1) is 15.8. The fraction of sp³-hybridized carbons (Fsp3) is 0.480. The fourth-order valence-corrected chi connectivity index (χ4v) is 6.24. The van der Waals surface area contributed by atoms with E-state index in [1.807, 2.05) is 38.1 Å². The Morgan fingerprint density at radius 2 is 1.70 bits per heavy atom. The van der Waals surface area contributed by atoms with Crippen LogP contribution >= 0.6 is 0 Å². The van der Waals surface area contributed by atoms with Gasteiger partial charge in [0.2, 0.25) is 10.0 Å². The number of carbonyl (C=O) groups excluding carboxylic acids is 1. The number of hydrogen-bond donors (Lipinski definition) is 1. The molecular formula is C25H33N3O4S. The second-order valence-corrected chi connectivity index (χ2v) is 11.0. The third-order valence-electron chi connectivity index (χ3n) is 6.75. The molecule has 2 heterocycles. The molecule has 7 nitrogen and oxygen atoms in total. The number of anilines is 2. The van der Waals surface area contributed by atoms with Gasteiger partial charge in [-0.25, -0.2) is 8.42 Å². The van der Waals surface area contributed by atoms with Crippen LogP contribution in [0.5, 0.6) is 0 Å². The third-order valence-corrected chi connectivity index (χ3v) is 8.77. The van der Waals surface area contributed by atoms with E-state index in [4.69, 9.17) is 4.74 Å². The van der Waals surface area contributed by atoms with Crippen molar-refractivity contribution in [2.24, 2.45) is 5.92 Å². The van der Waals surface area contributed by atoms with Crippen molar-refractivity contribution in [3.8, 4) is 0 Å². The van der Waals surface area contributed by atoms with Crippen LogP contribution in [-0.4, -0.2) is 58.0 Å². The predicted octanol–water partition coefficient (Wildman–Crippen LogP) is 3.81. The van der Waals surface area contributed by atoms with Crippen molar-refractivity contribution in [2.45, 2.75) is 38.5 Å². The topological polar surface area (TPSA) is 79.0 Å². The zero-order valence-corrected chi connectivity index (χ0v) is 20.5. The molecule has 0 radical (unpaired) electrons. The van der Waals surface area contributed by atoms with Crippen molar-refractivity contribution in [1.82, 2.24) is 4.31 Å². The molecule has 0 spiro atoms. The van der Waals surface area contributed by atoms with Gasteiger partial charge < -0.3 is 15.0 Å². The van der Waals surface area contributed by atoms with Gasteiger partial charge in [0.25, 0.3) is 5.91 Å². The molecule has 0 aromatic heterocycles. The average Bonchev–Trinajstić information content (AvgIpc) is 2.81. The Kier molecular flexibility index (Phi) is 7.07. The van der Waals surface area contributed by atoms with Crippen LogP contribution in [0.2, 0.25) is 0 Å². The van der Waals surface area contributed by atoms with E-state index in [-0.39, 0.29) is 10.8 Å². The van der Waals surface area contributed by atoms with Gasteiger partial charge in [-0.15, -0.1) is 0 Å². The number of carbonyl (C=O) groups is 1. The number of nitrogens with zero attached hydrogens (tertiary/aromatic N) is 2. The molecule has 1 N–H and O–H groups in total. The molecular weight excluding hydrogens is 438 g/mol. The molecule has 178 valence electrons. The lowest BCUT2D eigenvalue weighted by atomic mass is 10.0. The van der Waals surface area contributed by atoms with E-state index in [0.29, 0.717) is 49.0 Å². The second kappa shape index (κ2) is 9.83. The summed E-state index contributed by atoms with van der Waals surface area (Å²) in [5, 5.41) is 3.00. The molecule has 2 aliphatic rings. The molecule has 0 atom stereocenters. The van der Waals surface area contributed by atoms with E-state index in [0.717, 1.165) is 37.2 Å². The third kappa shape index (κ3) is 5.08. The lowest BCUT2D eigenvalue weighted by Crippen LogP contribution is -2.38. The van der Waals surface area contributed by atoms with Gasteiger partial charge in [-0.3, -0.25) is 4.79 Å². The minimum Gasteiger partial charge on any atom is -0.378 e. The highest BCUT2D eigenvalue weighted by Crippen LogP contribution is 2.30. The van der Waals surface area contributed by atoms with Crippen LogP contribution in [0.4, 0.5) is 11.4 Å². The maximum Gasteiger partial charge on any atom is 0.255 e. The molecule has 0 saturated carbocycles. The van der Waals surface area contributed by atoms with E-state index in [1.165, 1.54) is 6.07 Å². The molecule has 2 aromatic rings. The van der Waals surface area contributed by atoms with Gasteiger partial charge in [0.15, 0.2) is 0 Å². The molecule has 2 fully saturated rings. The molecule has 0 bridgehead atoms. The van der Waals surface area contributed by atoms with E-state index in [2.05, 4.69) is 17.1 Å². The Bertz CT molecular complexity index is 1120. The first-order valence-electron chi connectivity index (χ1n) is 11.6. The van der Waals surface area contributed by atoms with Crippen molar-refractivity contribution in [3.05, 3.63) is 53.1 Å². The number of sulfonamides is 1. The summed E-state index contributed by atoms with van der Waals surface area (Å²) in [4.78, 5) is 15.7. The smallest absolute Gasteiger partial charge is 0.255 e. The summed E-state index contributed by atoms with van der Waals surface area (Å²) in [6.45, 7) is 9.66. The van der Waals surface area contributed by atoms with Gasteiger partial charge in [-0.05, 0) is 68.0 Å². The number of aryl methyl sites for hydroxylation is 1. The van der Waals surface area contributed by atoms with Gasteiger partial charge >= 0.3 is 0 Å². The zero-order chi connectivity index (χ0) is 23.6. The number of morpholine rings is 1. The molecule has 8 heteroatoms. The fourth-order valence-electron chi connectivity index (χ4n) is 4.44. The van der Waals surface area contributed by atoms with Crippen LogP contribution in [0.15, 0.2) is 41.3 Å². The molecule has 2 aromatic carbocycles. The molecule has 4 rings (SSSR count). The number of amides is 1. The quantitative estimate of drug-likeness (QED) is 0.717. The van der Waals surface area contributed by atoms with E-state index in [9.17, 15) is 13.2 Å². The Labute approximate surface area is 196 Å². The normalized spacial score (nSPS) is 18.3. The molecule has 1 amide bonds. The minimum atomic E-state index is -3.66. The maximum atomic E-state index is 13.4. The van der Waals surface area contributed by atoms with E-state index >= 15 is 0 Å². The van der Waals surface area contributed by atoms with Gasteiger partial charge in [0.05, 0.1) is 29.5 Å². The summed E-state index contributed by atoms with van der Waals surface area (Å²) in [5.41, 5.74) is 3.47. The molecule has 2 saturated heterocycles. The predicted molar refractivity (Wildman–Crippen MR) is 131 cm³/mol. The van der Waals surface area contributed by atoms with Crippen molar-refractivity contribution in [3.63, 3.8) is 0 Å². The first kappa shape index (κ1) is 23.7. The van der Waals surface area contributed by atoms with Crippen molar-refractivity contribution in [2.75, 3.05) is 49.6 Å². The Morgan fingerprint density at radius 1 is 1.03 bits per heavy atom. The van der Waals surface area contributed by atoms with E-state index in [1.54, 1.807) is 10.4 Å². The maximum absolute atomic E-state index is 13.4. The summed E-state index contributed by atoms with van der Waals surface area (Å²) < 4.78 is 33.9. The summed E-state index contributed by atoms with van der Waals surface area (Å²) in [6, 6.07) is 11.0. The molecule has 0 unspecified atom stereocenters. The number of nitrogens with one attached hydrogen (secondary N) is 1. The average molecular weight is 472 g/mol. The van der Waals surface area contributed by atoms with E-state index < -0.39 is 10.0 Å². The van der Waals surface area contributed by atoms with Crippen LogP contribution in [0.3, 0.4) is 0 Å². The van der Waals surface area contributed by atoms with Crippen molar-refractivity contribution < 1.29 is 17.9 Å². The standard InChI is InChI=1S/C25H33N3O4S/c1-18-8-10-28(11-9-18)33(30,31)24-17-21(16-19(2)20(24)3)25(29)26-22-6-4-5-7-23(22)27-12-14-32-15-13-27/h4-7,16-18H,8-15H2,1-3H3,(H,26,29). The van der Waals surface area contributed by atoms with Crippen LogP contribution in [0, 0.1) is 19.8 Å². The molecule has 33 heavy (non-hydrogen) atoms. The highest BCUT2D eigenvalue weighted by atomic mass is 32.2. The molecule has 2 aliphatic heterocycles. The zero-order valence-electron chi connectivity index (χ0n) is 19.6. The minimum absolute atomic E-state index is 0.226. The van der Waals surface area contributed by atoms with Gasteiger partial charge in [-0.1, -0.05) is 19.1 Å². The lowest BCUT2D eigenvalue weighted by molar-refractivity contribution is 0.102. The van der Waals surface area contributed by atoms with Crippen molar-refractivity contribution >= 4 is 27.3 Å². The number of rotatable bonds is 5. The summed E-state index contributed by atoms with van der Waals surface area (Å²) in [6.07, 6.45) is 1.71. The number of ether oxygens (including phenoxy) is 1. The first-order valence-corrected chi connectivity index (χ1v) is 13.1. The van der Waals surface area contributed by atoms with Gasteiger partial charge in [0.1, 0.15) is 0 Å². The van der Waals surface area contributed by atoms with Crippen molar-refractivity contribution in [1.29, 1.82) is 0 Å². The van der Waals surface area contributed by atoms with Crippen LogP contribution in [0.25, 0.3) is 0 Å². The highest BCUT2D eigenvalue weighted by Gasteiger charge is 2.30. The van der Waals surface area contributed by atoms with Crippen LogP contribution < -0.4 is 10.2 Å². The monoisotopic (exact) mass is 471 g/mol. The Hall–Kier alpha value is -2.42. The number of piperidine rings is 1. The summed E-state index contributed by atoms with van der Waals surface area (Å²) in [5.74, 6) is 0.213. The SMILES string of the molecule is Cc1cc(C(=O)Nc2ccccc2N2CCOCC2)cc(S(=O)(=O)N2CCC(C)CC2)c1C. The Morgan fingerprint density at radius 3 is 2.39 bits per heavy atom. The second-order valence-electron chi connectivity index (χ2n) is 9.07. The lowest BCUT2D eigenvalue weighted by Gasteiger charge is -2.30. The summed E-state index contributed by atoms with van der Waals surface area (Å²) >= 11 is 0. The summed E-state index contributed by atoms with van der Waals surface area (Å²) in [7, 11) is -3.66. The van der Waals surface area contributed by atoms with Crippen LogP contribution in [-0.2, 0) is 14.8 Å². The number of benzene rings is 2. The van der Waals surface area contributed by atoms with Gasteiger partial charge in [-0.2, -0.15) is 4.31 Å². The highest BCUT2D eigenvalue weighted by molar-refractivity contribution is 7.89. The largest absolute Gasteiger partial charge is 0.378 e. The number of hydrogen-bond acceptors (Lipinski definition) is 5. The molecule has 0 aliphatic carbocycles. The number of para-hydroxylation sites is 2. The van der Waals surface area contributed by atoms with Gasteiger partial charge in [0, 0.05) is 31.7 Å². The van der Waals surface area contributed by atoms with Crippen LogP contribution in [0.1, 0.15) is 41.3 Å².